The number of anilines is 1. The topological polar surface area (TPSA) is 98.3 Å². The van der Waals surface area contributed by atoms with Crippen LogP contribution in [-0.2, 0) is 9.53 Å². The number of hydrazone groups is 1. The third-order valence-corrected chi connectivity index (χ3v) is 2.81. The minimum absolute atomic E-state index is 0.0320. The summed E-state index contributed by atoms with van der Waals surface area (Å²) in [6.07, 6.45) is -0.637. The Balaban J connectivity index is 1.83. The summed E-state index contributed by atoms with van der Waals surface area (Å²) in [6.45, 7) is 7.07. The first-order valence-electron chi connectivity index (χ1n) is 7.44. The fraction of sp³-hybridized carbons (Fsp3) is 0.438. The van der Waals surface area contributed by atoms with Crippen molar-refractivity contribution in [3.8, 4) is 11.5 Å². The molecule has 24 heavy (non-hydrogen) atoms. The summed E-state index contributed by atoms with van der Waals surface area (Å²) in [5, 5.41) is 6.56. The molecule has 0 fully saturated rings. The predicted octanol–water partition coefficient (Wildman–Crippen LogP) is 2.64. The van der Waals surface area contributed by atoms with Gasteiger partial charge in [0, 0.05) is 17.5 Å². The molecule has 8 heteroatoms. The van der Waals surface area contributed by atoms with Crippen LogP contribution in [0.2, 0.25) is 0 Å². The van der Waals surface area contributed by atoms with Gasteiger partial charge >= 0.3 is 6.09 Å². The number of fused-ring (bicyclic) bond motifs is 1. The minimum Gasteiger partial charge on any atom is -0.454 e. The number of benzene rings is 1. The Labute approximate surface area is 140 Å². The van der Waals surface area contributed by atoms with E-state index in [0.717, 1.165) is 0 Å². The highest BCUT2D eigenvalue weighted by molar-refractivity contribution is 6.05. The SMILES string of the molecule is C/C(CC(=O)Nc1ccc2c(c1)OCO2)=N/NC(=O)OC(C)(C)C. The van der Waals surface area contributed by atoms with Gasteiger partial charge in [-0.2, -0.15) is 5.10 Å². The number of ether oxygens (including phenoxy) is 3. The van der Waals surface area contributed by atoms with Gasteiger partial charge in [0.05, 0.1) is 6.42 Å². The molecule has 1 aliphatic heterocycles. The van der Waals surface area contributed by atoms with E-state index in [1.165, 1.54) is 0 Å². The van der Waals surface area contributed by atoms with Gasteiger partial charge in [0.15, 0.2) is 11.5 Å². The number of hydrogen-bond acceptors (Lipinski definition) is 6. The summed E-state index contributed by atoms with van der Waals surface area (Å²) < 4.78 is 15.5. The lowest BCUT2D eigenvalue weighted by Gasteiger charge is -2.18. The number of carbonyl (C=O) groups is 2. The molecular weight excluding hydrogens is 314 g/mol. The molecule has 2 N–H and O–H groups in total. The highest BCUT2D eigenvalue weighted by Crippen LogP contribution is 2.34. The maximum absolute atomic E-state index is 12.0. The number of nitrogens with zero attached hydrogens (tertiary/aromatic N) is 1. The lowest BCUT2D eigenvalue weighted by atomic mass is 10.2. The van der Waals surface area contributed by atoms with Gasteiger partial charge in [-0.05, 0) is 39.8 Å². The van der Waals surface area contributed by atoms with E-state index < -0.39 is 11.7 Å². The van der Waals surface area contributed by atoms with E-state index in [4.69, 9.17) is 14.2 Å². The van der Waals surface area contributed by atoms with Crippen LogP contribution in [0.15, 0.2) is 23.3 Å². The van der Waals surface area contributed by atoms with Crippen molar-refractivity contribution in [3.63, 3.8) is 0 Å². The van der Waals surface area contributed by atoms with Gasteiger partial charge in [-0.25, -0.2) is 10.2 Å². The van der Waals surface area contributed by atoms with Crippen LogP contribution < -0.4 is 20.2 Å². The van der Waals surface area contributed by atoms with Crippen LogP contribution >= 0.6 is 0 Å². The first-order valence-corrected chi connectivity index (χ1v) is 7.44. The first-order chi connectivity index (χ1) is 11.2. The second-order valence-electron chi connectivity index (χ2n) is 6.25. The van der Waals surface area contributed by atoms with Gasteiger partial charge in [0.2, 0.25) is 12.7 Å². The summed E-state index contributed by atoms with van der Waals surface area (Å²) in [5.41, 5.74) is 2.68. The van der Waals surface area contributed by atoms with Crippen molar-refractivity contribution >= 4 is 23.4 Å². The molecule has 0 saturated heterocycles. The van der Waals surface area contributed by atoms with Crippen LogP contribution in [0, 0.1) is 0 Å². The van der Waals surface area contributed by atoms with Crippen LogP contribution in [-0.4, -0.2) is 30.1 Å². The summed E-state index contributed by atoms with van der Waals surface area (Å²) >= 11 is 0. The number of amides is 2. The lowest BCUT2D eigenvalue weighted by molar-refractivity contribution is -0.115. The van der Waals surface area contributed by atoms with Crippen molar-refractivity contribution in [1.29, 1.82) is 0 Å². The number of hydrogen-bond donors (Lipinski definition) is 2. The molecule has 0 unspecified atom stereocenters. The quantitative estimate of drug-likeness (QED) is 0.651. The van der Waals surface area contributed by atoms with Gasteiger partial charge in [0.1, 0.15) is 5.60 Å². The largest absolute Gasteiger partial charge is 0.454 e. The zero-order chi connectivity index (χ0) is 17.7. The van der Waals surface area contributed by atoms with Crippen LogP contribution in [0.1, 0.15) is 34.1 Å². The van der Waals surface area contributed by atoms with Gasteiger partial charge in [-0.3, -0.25) is 4.79 Å². The van der Waals surface area contributed by atoms with E-state index in [2.05, 4.69) is 15.8 Å². The highest BCUT2D eigenvalue weighted by Gasteiger charge is 2.16. The maximum Gasteiger partial charge on any atom is 0.428 e. The zero-order valence-electron chi connectivity index (χ0n) is 14.1. The number of rotatable bonds is 4. The molecule has 0 radical (unpaired) electrons. The molecule has 8 nitrogen and oxygen atoms in total. The Hall–Kier alpha value is -2.77. The van der Waals surface area contributed by atoms with E-state index in [0.29, 0.717) is 22.9 Å². The Kier molecular flexibility index (Phi) is 5.28. The molecule has 1 aromatic rings. The minimum atomic E-state index is -0.668. The lowest BCUT2D eigenvalue weighted by Crippen LogP contribution is -2.30. The van der Waals surface area contributed by atoms with Gasteiger partial charge < -0.3 is 19.5 Å². The van der Waals surface area contributed by atoms with E-state index in [-0.39, 0.29) is 19.1 Å². The summed E-state index contributed by atoms with van der Waals surface area (Å²) in [6, 6.07) is 5.13. The molecule has 0 aliphatic carbocycles. The van der Waals surface area contributed by atoms with Crippen LogP contribution in [0.25, 0.3) is 0 Å². The third-order valence-electron chi connectivity index (χ3n) is 2.81. The molecule has 0 atom stereocenters. The van der Waals surface area contributed by atoms with Gasteiger partial charge in [-0.15, -0.1) is 0 Å². The second kappa shape index (κ2) is 7.20. The van der Waals surface area contributed by atoms with Crippen LogP contribution in [0.5, 0.6) is 11.5 Å². The molecule has 1 aliphatic rings. The third kappa shape index (κ3) is 5.45. The maximum atomic E-state index is 12.0. The Bertz CT molecular complexity index is 664. The van der Waals surface area contributed by atoms with Crippen molar-refractivity contribution in [1.82, 2.24) is 5.43 Å². The van der Waals surface area contributed by atoms with Crippen molar-refractivity contribution in [2.45, 2.75) is 39.7 Å². The normalized spacial score (nSPS) is 13.4. The predicted molar refractivity (Wildman–Crippen MR) is 88.3 cm³/mol. The fourth-order valence-corrected chi connectivity index (χ4v) is 1.89. The van der Waals surface area contributed by atoms with E-state index in [1.54, 1.807) is 45.9 Å². The van der Waals surface area contributed by atoms with Crippen molar-refractivity contribution in [2.24, 2.45) is 5.10 Å². The molecule has 2 rings (SSSR count). The second-order valence-corrected chi connectivity index (χ2v) is 6.25. The molecule has 0 saturated carbocycles. The zero-order valence-corrected chi connectivity index (χ0v) is 14.1. The smallest absolute Gasteiger partial charge is 0.428 e. The van der Waals surface area contributed by atoms with Gasteiger partial charge in [-0.1, -0.05) is 0 Å². The standard InChI is InChI=1S/C16H21N3O5/c1-10(18-19-15(21)24-16(2,3)4)7-14(20)17-11-5-6-12-13(8-11)23-9-22-12/h5-6,8H,7,9H2,1-4H3,(H,17,20)(H,19,21)/b18-10-. The Morgan fingerprint density at radius 2 is 1.96 bits per heavy atom. The molecule has 0 bridgehead atoms. The van der Waals surface area contributed by atoms with Crippen LogP contribution in [0.4, 0.5) is 10.5 Å². The molecule has 0 spiro atoms. The highest BCUT2D eigenvalue weighted by atomic mass is 16.7. The fourth-order valence-electron chi connectivity index (χ4n) is 1.89. The van der Waals surface area contributed by atoms with E-state index >= 15 is 0 Å². The Morgan fingerprint density at radius 1 is 1.25 bits per heavy atom. The Morgan fingerprint density at radius 3 is 2.67 bits per heavy atom. The summed E-state index contributed by atoms with van der Waals surface area (Å²) in [7, 11) is 0. The molecule has 0 aromatic heterocycles. The summed E-state index contributed by atoms with van der Waals surface area (Å²) in [5.74, 6) is 0.971. The monoisotopic (exact) mass is 335 g/mol. The number of nitrogens with one attached hydrogen (secondary N) is 2. The van der Waals surface area contributed by atoms with Crippen LogP contribution in [0.3, 0.4) is 0 Å². The van der Waals surface area contributed by atoms with Crippen molar-refractivity contribution in [3.05, 3.63) is 18.2 Å². The van der Waals surface area contributed by atoms with Crippen molar-refractivity contribution in [2.75, 3.05) is 12.1 Å². The average Bonchev–Trinajstić information content (AvgIpc) is 2.90. The molecular formula is C16H21N3O5. The molecule has 2 amide bonds. The molecule has 1 heterocycles. The summed E-state index contributed by atoms with van der Waals surface area (Å²) in [4.78, 5) is 23.5. The molecule has 1 aromatic carbocycles. The first kappa shape index (κ1) is 17.6. The van der Waals surface area contributed by atoms with E-state index in [1.807, 2.05) is 0 Å². The number of carbonyl (C=O) groups excluding carboxylic acids is 2. The van der Waals surface area contributed by atoms with E-state index in [9.17, 15) is 9.59 Å². The average molecular weight is 335 g/mol. The van der Waals surface area contributed by atoms with Gasteiger partial charge in [0.25, 0.3) is 0 Å². The van der Waals surface area contributed by atoms with Crippen molar-refractivity contribution < 1.29 is 23.8 Å². The molecule has 130 valence electrons.